The van der Waals surface area contributed by atoms with E-state index in [2.05, 4.69) is 49.3 Å². The quantitative estimate of drug-likeness (QED) is 0.838. The summed E-state index contributed by atoms with van der Waals surface area (Å²) in [6, 6.07) is 10.5. The van der Waals surface area contributed by atoms with Crippen molar-refractivity contribution in [3.05, 3.63) is 63.3 Å². The van der Waals surface area contributed by atoms with E-state index < -0.39 is 0 Å². The Morgan fingerprint density at radius 1 is 1.32 bits per heavy atom. The minimum Gasteiger partial charge on any atom is -0.314 e. The molecular weight excluding hydrogens is 385 g/mol. The van der Waals surface area contributed by atoms with E-state index in [1.165, 1.54) is 11.1 Å². The van der Waals surface area contributed by atoms with Crippen LogP contribution in [0.5, 0.6) is 0 Å². The molecule has 6 heteroatoms. The Hall–Kier alpha value is -0.650. The molecule has 22 heavy (non-hydrogen) atoms. The molecule has 0 saturated carbocycles. The average molecular weight is 403 g/mol. The van der Waals surface area contributed by atoms with E-state index in [4.69, 9.17) is 11.6 Å². The minimum atomic E-state index is 0. The van der Waals surface area contributed by atoms with Gasteiger partial charge in [0.15, 0.2) is 0 Å². The van der Waals surface area contributed by atoms with Crippen molar-refractivity contribution in [1.29, 1.82) is 0 Å². The van der Waals surface area contributed by atoms with Crippen LogP contribution in [0.4, 0.5) is 0 Å². The molecule has 3 nitrogen and oxygen atoms in total. The number of halogens is 3. The van der Waals surface area contributed by atoms with Gasteiger partial charge < -0.3 is 5.32 Å². The Labute approximate surface area is 150 Å². The molecule has 1 aliphatic rings. The molecule has 1 N–H and O–H groups in total. The van der Waals surface area contributed by atoms with Crippen LogP contribution < -0.4 is 5.32 Å². The first-order chi connectivity index (χ1) is 10.2. The summed E-state index contributed by atoms with van der Waals surface area (Å²) in [7, 11) is 0. The van der Waals surface area contributed by atoms with Gasteiger partial charge in [0.1, 0.15) is 0 Å². The SMILES string of the molecule is Cl.Clc1ccccc1C1CNCCN1Cc1cncc(Br)c1. The zero-order valence-corrected chi connectivity index (χ0v) is 15.2. The maximum absolute atomic E-state index is 6.38. The molecule has 0 amide bonds. The van der Waals surface area contributed by atoms with Crippen LogP contribution in [0.15, 0.2) is 47.2 Å². The number of hydrogen-bond acceptors (Lipinski definition) is 3. The van der Waals surface area contributed by atoms with E-state index in [9.17, 15) is 0 Å². The first-order valence-corrected chi connectivity index (χ1v) is 8.20. The smallest absolute Gasteiger partial charge is 0.0491 e. The number of pyridine rings is 1. The summed E-state index contributed by atoms with van der Waals surface area (Å²) < 4.78 is 1.02. The van der Waals surface area contributed by atoms with E-state index >= 15 is 0 Å². The fourth-order valence-electron chi connectivity index (χ4n) is 2.76. The molecule has 118 valence electrons. The first kappa shape index (κ1) is 17.7. The van der Waals surface area contributed by atoms with Gasteiger partial charge in [0, 0.05) is 54.1 Å². The number of nitrogens with zero attached hydrogens (tertiary/aromatic N) is 2. The summed E-state index contributed by atoms with van der Waals surface area (Å²) in [5.41, 5.74) is 2.40. The maximum Gasteiger partial charge on any atom is 0.0491 e. The van der Waals surface area contributed by atoms with Crippen molar-refractivity contribution in [3.8, 4) is 0 Å². The first-order valence-electron chi connectivity index (χ1n) is 7.02. The zero-order valence-electron chi connectivity index (χ0n) is 12.0. The average Bonchev–Trinajstić information content (AvgIpc) is 2.49. The van der Waals surface area contributed by atoms with Crippen LogP contribution in [0.25, 0.3) is 0 Å². The van der Waals surface area contributed by atoms with Crippen molar-refractivity contribution in [2.75, 3.05) is 19.6 Å². The van der Waals surface area contributed by atoms with Crippen molar-refractivity contribution in [3.63, 3.8) is 0 Å². The molecular formula is C16H18BrCl2N3. The monoisotopic (exact) mass is 401 g/mol. The van der Waals surface area contributed by atoms with Crippen molar-refractivity contribution >= 4 is 39.9 Å². The van der Waals surface area contributed by atoms with Crippen LogP contribution in [0, 0.1) is 0 Å². The molecule has 1 aromatic carbocycles. The maximum atomic E-state index is 6.38. The van der Waals surface area contributed by atoms with Gasteiger partial charge in [0.2, 0.25) is 0 Å². The van der Waals surface area contributed by atoms with Crippen LogP contribution in [-0.4, -0.2) is 29.5 Å². The number of hydrogen-bond donors (Lipinski definition) is 1. The third kappa shape index (κ3) is 4.21. The van der Waals surface area contributed by atoms with Gasteiger partial charge in [0.05, 0.1) is 0 Å². The Morgan fingerprint density at radius 3 is 2.91 bits per heavy atom. The predicted octanol–water partition coefficient (Wildman–Crippen LogP) is 4.07. The van der Waals surface area contributed by atoms with Crippen molar-refractivity contribution in [1.82, 2.24) is 15.2 Å². The zero-order chi connectivity index (χ0) is 14.7. The number of piperazine rings is 1. The van der Waals surface area contributed by atoms with Gasteiger partial charge >= 0.3 is 0 Å². The lowest BCUT2D eigenvalue weighted by molar-refractivity contribution is 0.153. The summed E-state index contributed by atoms with van der Waals surface area (Å²) in [6.45, 7) is 3.81. The van der Waals surface area contributed by atoms with Crippen molar-refractivity contribution in [2.24, 2.45) is 0 Å². The molecule has 0 radical (unpaired) electrons. The molecule has 1 unspecified atom stereocenters. The van der Waals surface area contributed by atoms with Crippen LogP contribution in [0.2, 0.25) is 5.02 Å². The number of rotatable bonds is 3. The fraction of sp³-hybridized carbons (Fsp3) is 0.312. The topological polar surface area (TPSA) is 28.2 Å². The standard InChI is InChI=1S/C16H17BrClN3.ClH/c17-13-7-12(8-20-9-13)11-21-6-5-19-10-16(21)14-3-1-2-4-15(14)18;/h1-4,7-9,16,19H,5-6,10-11H2;1H. The van der Waals surface area contributed by atoms with Gasteiger partial charge in [0.25, 0.3) is 0 Å². The highest BCUT2D eigenvalue weighted by Crippen LogP contribution is 2.29. The predicted molar refractivity (Wildman–Crippen MR) is 96.7 cm³/mol. The molecule has 1 saturated heterocycles. The molecule has 1 atom stereocenters. The van der Waals surface area contributed by atoms with Gasteiger partial charge in [-0.3, -0.25) is 9.88 Å². The van der Waals surface area contributed by atoms with E-state index in [1.807, 2.05) is 24.5 Å². The number of benzene rings is 1. The van der Waals surface area contributed by atoms with Crippen LogP contribution in [-0.2, 0) is 6.54 Å². The van der Waals surface area contributed by atoms with E-state index in [0.717, 1.165) is 35.7 Å². The largest absolute Gasteiger partial charge is 0.314 e. The van der Waals surface area contributed by atoms with Gasteiger partial charge in [-0.15, -0.1) is 12.4 Å². The summed E-state index contributed by atoms with van der Waals surface area (Å²) in [5.74, 6) is 0. The summed E-state index contributed by atoms with van der Waals surface area (Å²) >= 11 is 9.86. The molecule has 2 aromatic rings. The van der Waals surface area contributed by atoms with E-state index in [1.54, 1.807) is 0 Å². The van der Waals surface area contributed by atoms with Crippen LogP contribution >= 0.6 is 39.9 Å². The van der Waals surface area contributed by atoms with E-state index in [0.29, 0.717) is 6.04 Å². The highest BCUT2D eigenvalue weighted by Gasteiger charge is 2.25. The molecule has 0 spiro atoms. The fourth-order valence-corrected chi connectivity index (χ4v) is 3.44. The van der Waals surface area contributed by atoms with Crippen LogP contribution in [0.1, 0.15) is 17.2 Å². The van der Waals surface area contributed by atoms with Crippen molar-refractivity contribution in [2.45, 2.75) is 12.6 Å². The third-order valence-electron chi connectivity index (χ3n) is 3.77. The second-order valence-electron chi connectivity index (χ2n) is 5.22. The van der Waals surface area contributed by atoms with Crippen molar-refractivity contribution < 1.29 is 0 Å². The summed E-state index contributed by atoms with van der Waals surface area (Å²) in [5, 5.41) is 4.30. The molecule has 1 fully saturated rings. The molecule has 0 aliphatic carbocycles. The lowest BCUT2D eigenvalue weighted by atomic mass is 10.0. The van der Waals surface area contributed by atoms with Gasteiger partial charge in [-0.25, -0.2) is 0 Å². The lowest BCUT2D eigenvalue weighted by Crippen LogP contribution is -2.45. The highest BCUT2D eigenvalue weighted by molar-refractivity contribution is 9.10. The summed E-state index contributed by atoms with van der Waals surface area (Å²) in [4.78, 5) is 6.71. The second kappa shape index (κ2) is 8.27. The van der Waals surface area contributed by atoms with Gasteiger partial charge in [-0.05, 0) is 39.2 Å². The Balaban J connectivity index is 0.00000176. The van der Waals surface area contributed by atoms with Gasteiger partial charge in [-0.1, -0.05) is 29.8 Å². The lowest BCUT2D eigenvalue weighted by Gasteiger charge is -2.37. The Bertz CT molecular complexity index is 624. The van der Waals surface area contributed by atoms with E-state index in [-0.39, 0.29) is 12.4 Å². The Kier molecular flexibility index (Phi) is 6.66. The molecule has 1 aromatic heterocycles. The Morgan fingerprint density at radius 2 is 2.14 bits per heavy atom. The minimum absolute atomic E-state index is 0. The normalized spacial score (nSPS) is 18.7. The van der Waals surface area contributed by atoms with Gasteiger partial charge in [-0.2, -0.15) is 0 Å². The number of nitrogens with one attached hydrogen (secondary N) is 1. The highest BCUT2D eigenvalue weighted by atomic mass is 79.9. The second-order valence-corrected chi connectivity index (χ2v) is 6.55. The van der Waals surface area contributed by atoms with Crippen LogP contribution in [0.3, 0.4) is 0 Å². The molecule has 1 aliphatic heterocycles. The molecule has 2 heterocycles. The molecule has 3 rings (SSSR count). The summed E-state index contributed by atoms with van der Waals surface area (Å²) in [6.07, 6.45) is 3.74. The third-order valence-corrected chi connectivity index (χ3v) is 4.54. The molecule has 0 bridgehead atoms. The number of aromatic nitrogens is 1.